The highest BCUT2D eigenvalue weighted by molar-refractivity contribution is 5.85. The second kappa shape index (κ2) is 7.39. The van der Waals surface area contributed by atoms with Crippen molar-refractivity contribution in [2.75, 3.05) is 5.32 Å². The highest BCUT2D eigenvalue weighted by Crippen LogP contribution is 2.22. The fraction of sp³-hybridized carbons (Fsp3) is 0.0952. The van der Waals surface area contributed by atoms with Gasteiger partial charge in [0.2, 0.25) is 0 Å². The number of nitrogens with one attached hydrogen (secondary N) is 2. The molecule has 0 unspecified atom stereocenters. The first-order valence-corrected chi connectivity index (χ1v) is 8.70. The zero-order valence-corrected chi connectivity index (χ0v) is 14.6. The molecule has 0 saturated carbocycles. The van der Waals surface area contributed by atoms with Crippen molar-refractivity contribution in [3.8, 4) is 11.1 Å². The predicted molar refractivity (Wildman–Crippen MR) is 107 cm³/mol. The van der Waals surface area contributed by atoms with Gasteiger partial charge in [-0.05, 0) is 40.5 Å². The Bertz CT molecular complexity index is 1140. The van der Waals surface area contributed by atoms with Crippen molar-refractivity contribution < 1.29 is 0 Å². The first kappa shape index (κ1) is 16.9. The lowest BCUT2D eigenvalue weighted by Crippen LogP contribution is -2.14. The van der Waals surface area contributed by atoms with E-state index in [2.05, 4.69) is 44.5 Å². The number of fused-ring (bicyclic) bond motifs is 1. The lowest BCUT2D eigenvalue weighted by Gasteiger charge is -2.10. The second-order valence-electron chi connectivity index (χ2n) is 6.25. The molecule has 0 aliphatic carbocycles. The SMILES string of the molecule is NCc1ccc(-c2cccc(CNc3nc(=O)[nH]c4ncccc34)c2)cc1. The van der Waals surface area contributed by atoms with Crippen molar-refractivity contribution in [3.05, 3.63) is 88.5 Å². The summed E-state index contributed by atoms with van der Waals surface area (Å²) in [6.07, 6.45) is 1.64. The van der Waals surface area contributed by atoms with Crippen molar-refractivity contribution in [3.63, 3.8) is 0 Å². The van der Waals surface area contributed by atoms with Gasteiger partial charge in [0.25, 0.3) is 0 Å². The van der Waals surface area contributed by atoms with Crippen LogP contribution in [0.4, 0.5) is 5.82 Å². The van der Waals surface area contributed by atoms with Crippen molar-refractivity contribution in [2.24, 2.45) is 5.73 Å². The summed E-state index contributed by atoms with van der Waals surface area (Å²) in [4.78, 5) is 22.6. The van der Waals surface area contributed by atoms with E-state index < -0.39 is 5.69 Å². The number of aromatic amines is 1. The lowest BCUT2D eigenvalue weighted by molar-refractivity contribution is 1.05. The third-order valence-corrected chi connectivity index (χ3v) is 4.41. The van der Waals surface area contributed by atoms with Crippen LogP contribution < -0.4 is 16.7 Å². The first-order chi connectivity index (χ1) is 13.2. The lowest BCUT2D eigenvalue weighted by atomic mass is 10.0. The molecule has 4 rings (SSSR count). The molecule has 2 aromatic heterocycles. The summed E-state index contributed by atoms with van der Waals surface area (Å²) in [5.74, 6) is 0.527. The normalized spacial score (nSPS) is 10.9. The molecule has 4 N–H and O–H groups in total. The smallest absolute Gasteiger partial charge is 0.348 e. The fourth-order valence-electron chi connectivity index (χ4n) is 3.00. The number of pyridine rings is 1. The van der Waals surface area contributed by atoms with Gasteiger partial charge in [0, 0.05) is 19.3 Å². The minimum atomic E-state index is -0.419. The van der Waals surface area contributed by atoms with Gasteiger partial charge in [0.05, 0.1) is 5.39 Å². The average Bonchev–Trinajstić information content (AvgIpc) is 2.72. The van der Waals surface area contributed by atoms with Gasteiger partial charge in [0.1, 0.15) is 11.5 Å². The van der Waals surface area contributed by atoms with Crippen LogP contribution in [-0.4, -0.2) is 15.0 Å². The molecule has 134 valence electrons. The molecule has 6 heteroatoms. The number of benzene rings is 2. The third-order valence-electron chi connectivity index (χ3n) is 4.41. The molecule has 0 fully saturated rings. The minimum Gasteiger partial charge on any atom is -0.365 e. The van der Waals surface area contributed by atoms with Gasteiger partial charge in [-0.1, -0.05) is 42.5 Å². The monoisotopic (exact) mass is 357 g/mol. The number of H-pyrrole nitrogens is 1. The molecule has 0 atom stereocenters. The van der Waals surface area contributed by atoms with Gasteiger partial charge in [-0.15, -0.1) is 0 Å². The van der Waals surface area contributed by atoms with Crippen LogP contribution in [0.15, 0.2) is 71.7 Å². The van der Waals surface area contributed by atoms with Gasteiger partial charge in [-0.2, -0.15) is 4.98 Å². The summed E-state index contributed by atoms with van der Waals surface area (Å²) >= 11 is 0. The first-order valence-electron chi connectivity index (χ1n) is 8.70. The number of aromatic nitrogens is 3. The van der Waals surface area contributed by atoms with Crippen LogP contribution in [0.2, 0.25) is 0 Å². The van der Waals surface area contributed by atoms with Crippen LogP contribution in [0.5, 0.6) is 0 Å². The molecule has 0 bridgehead atoms. The van der Waals surface area contributed by atoms with Crippen molar-refractivity contribution in [1.29, 1.82) is 0 Å². The Morgan fingerprint density at radius 3 is 2.63 bits per heavy atom. The maximum Gasteiger partial charge on any atom is 0.348 e. The van der Waals surface area contributed by atoms with Crippen molar-refractivity contribution in [1.82, 2.24) is 15.0 Å². The Kier molecular flexibility index (Phi) is 4.63. The third kappa shape index (κ3) is 3.70. The molecule has 0 amide bonds. The molecule has 0 aliphatic rings. The molecule has 0 radical (unpaired) electrons. The summed E-state index contributed by atoms with van der Waals surface area (Å²) in [6, 6.07) is 20.2. The highest BCUT2D eigenvalue weighted by atomic mass is 16.1. The van der Waals surface area contributed by atoms with E-state index in [9.17, 15) is 4.79 Å². The Morgan fingerprint density at radius 1 is 0.963 bits per heavy atom. The Hall–Kier alpha value is -3.51. The van der Waals surface area contributed by atoms with E-state index in [0.717, 1.165) is 27.6 Å². The summed E-state index contributed by atoms with van der Waals surface area (Å²) in [6.45, 7) is 1.09. The van der Waals surface area contributed by atoms with Gasteiger partial charge in [0.15, 0.2) is 0 Å². The molecule has 0 spiro atoms. The number of hydrogen-bond acceptors (Lipinski definition) is 5. The molecule has 4 aromatic rings. The molecule has 6 nitrogen and oxygen atoms in total. The quantitative estimate of drug-likeness (QED) is 0.510. The van der Waals surface area contributed by atoms with E-state index in [1.54, 1.807) is 6.20 Å². The maximum atomic E-state index is 11.8. The van der Waals surface area contributed by atoms with Crippen LogP contribution >= 0.6 is 0 Å². The molecular weight excluding hydrogens is 338 g/mol. The van der Waals surface area contributed by atoms with E-state index in [-0.39, 0.29) is 0 Å². The van der Waals surface area contributed by atoms with Crippen LogP contribution in [-0.2, 0) is 13.1 Å². The van der Waals surface area contributed by atoms with E-state index in [1.807, 2.05) is 36.4 Å². The van der Waals surface area contributed by atoms with Crippen molar-refractivity contribution >= 4 is 16.9 Å². The average molecular weight is 357 g/mol. The number of anilines is 1. The van der Waals surface area contributed by atoms with Gasteiger partial charge < -0.3 is 11.1 Å². The van der Waals surface area contributed by atoms with E-state index in [1.165, 1.54) is 0 Å². The van der Waals surface area contributed by atoms with Gasteiger partial charge in [-0.3, -0.25) is 4.98 Å². The van der Waals surface area contributed by atoms with Gasteiger partial charge in [-0.25, -0.2) is 9.78 Å². The minimum absolute atomic E-state index is 0.419. The zero-order chi connectivity index (χ0) is 18.6. The number of nitrogens with zero attached hydrogens (tertiary/aromatic N) is 2. The topological polar surface area (TPSA) is 96.7 Å². The summed E-state index contributed by atoms with van der Waals surface area (Å²) in [5, 5.41) is 4.04. The molecule has 27 heavy (non-hydrogen) atoms. The standard InChI is InChI=1S/C21H19N5O/c22-12-14-6-8-16(9-7-14)17-4-1-3-15(11-17)13-24-20-18-5-2-10-23-19(18)25-21(27)26-20/h1-11H,12-13,22H2,(H2,23,24,25,26,27). The van der Waals surface area contributed by atoms with Crippen LogP contribution in [0.3, 0.4) is 0 Å². The molecule has 2 heterocycles. The number of rotatable bonds is 5. The van der Waals surface area contributed by atoms with Crippen molar-refractivity contribution in [2.45, 2.75) is 13.1 Å². The highest BCUT2D eigenvalue weighted by Gasteiger charge is 2.06. The largest absolute Gasteiger partial charge is 0.365 e. The van der Waals surface area contributed by atoms with E-state index in [0.29, 0.717) is 24.6 Å². The molecule has 2 aromatic carbocycles. The molecule has 0 aliphatic heterocycles. The Labute approximate surface area is 156 Å². The Morgan fingerprint density at radius 2 is 1.81 bits per heavy atom. The van der Waals surface area contributed by atoms with Gasteiger partial charge >= 0.3 is 5.69 Å². The second-order valence-corrected chi connectivity index (χ2v) is 6.25. The summed E-state index contributed by atoms with van der Waals surface area (Å²) < 4.78 is 0. The molecular formula is C21H19N5O. The van der Waals surface area contributed by atoms with Crippen LogP contribution in [0.25, 0.3) is 22.2 Å². The predicted octanol–water partition coefficient (Wildman–Crippen LogP) is 3.06. The number of nitrogens with two attached hydrogens (primary N) is 1. The van der Waals surface area contributed by atoms with E-state index >= 15 is 0 Å². The zero-order valence-electron chi connectivity index (χ0n) is 14.6. The van der Waals surface area contributed by atoms with Crippen LogP contribution in [0, 0.1) is 0 Å². The summed E-state index contributed by atoms with van der Waals surface area (Å²) in [7, 11) is 0. The summed E-state index contributed by atoms with van der Waals surface area (Å²) in [5.41, 5.74) is 10.2. The Balaban J connectivity index is 1.58. The van der Waals surface area contributed by atoms with E-state index in [4.69, 9.17) is 5.73 Å². The fourth-order valence-corrected chi connectivity index (χ4v) is 3.00. The maximum absolute atomic E-state index is 11.8. The van der Waals surface area contributed by atoms with Crippen LogP contribution in [0.1, 0.15) is 11.1 Å². The number of hydrogen-bond donors (Lipinski definition) is 3. The molecule has 0 saturated heterocycles.